The van der Waals surface area contributed by atoms with Crippen LogP contribution in [0.5, 0.6) is 0 Å². The third kappa shape index (κ3) is 3.15. The van der Waals surface area contributed by atoms with E-state index in [1.54, 1.807) is 12.1 Å². The van der Waals surface area contributed by atoms with Crippen LogP contribution >= 0.6 is 0 Å². The van der Waals surface area contributed by atoms with Gasteiger partial charge in [0.1, 0.15) is 6.07 Å². The largest absolute Gasteiger partial charge is 0.453 e. The lowest BCUT2D eigenvalue weighted by atomic mass is 10.2. The number of benzene rings is 1. The molecule has 21 heavy (non-hydrogen) atoms. The van der Waals surface area contributed by atoms with E-state index in [4.69, 9.17) is 5.26 Å². The predicted molar refractivity (Wildman–Crippen MR) is 73.9 cm³/mol. The third-order valence-corrected chi connectivity index (χ3v) is 5.21. The summed E-state index contributed by atoms with van der Waals surface area (Å²) in [5.74, 6) is 0. The molecule has 1 unspecified atom stereocenters. The first kappa shape index (κ1) is 15.3. The van der Waals surface area contributed by atoms with Crippen LogP contribution in [0.1, 0.15) is 12.0 Å². The Morgan fingerprint density at radius 3 is 2.86 bits per heavy atom. The summed E-state index contributed by atoms with van der Waals surface area (Å²) in [6.45, 7) is 0.452. The van der Waals surface area contributed by atoms with Crippen molar-refractivity contribution in [2.45, 2.75) is 17.4 Å². The van der Waals surface area contributed by atoms with Crippen LogP contribution in [0.15, 0.2) is 29.2 Å². The molecule has 1 fully saturated rings. The summed E-state index contributed by atoms with van der Waals surface area (Å²) >= 11 is 0. The number of rotatable bonds is 3. The van der Waals surface area contributed by atoms with Crippen molar-refractivity contribution < 1.29 is 17.9 Å². The minimum absolute atomic E-state index is 0.00813. The molecule has 0 saturated carbocycles. The molecule has 0 spiro atoms. The highest BCUT2D eigenvalue weighted by Crippen LogP contribution is 2.23. The van der Waals surface area contributed by atoms with Crippen molar-refractivity contribution in [3.63, 3.8) is 0 Å². The first-order valence-electron chi connectivity index (χ1n) is 6.33. The number of carbonyl (C=O) groups is 1. The van der Waals surface area contributed by atoms with Gasteiger partial charge in [-0.1, -0.05) is 12.1 Å². The molecule has 1 aliphatic heterocycles. The smallest absolute Gasteiger partial charge is 0.407 e. The van der Waals surface area contributed by atoms with Crippen LogP contribution in [0.4, 0.5) is 4.79 Å². The van der Waals surface area contributed by atoms with Gasteiger partial charge in [0.25, 0.3) is 0 Å². The minimum Gasteiger partial charge on any atom is -0.453 e. The average Bonchev–Trinajstić information content (AvgIpc) is 2.96. The van der Waals surface area contributed by atoms with Crippen LogP contribution < -0.4 is 5.32 Å². The maximum absolute atomic E-state index is 12.5. The number of amides is 1. The second-order valence-electron chi connectivity index (χ2n) is 4.59. The lowest BCUT2D eigenvalue weighted by Crippen LogP contribution is -2.38. The number of carbonyl (C=O) groups excluding carboxylic acids is 1. The van der Waals surface area contributed by atoms with Crippen LogP contribution in [0, 0.1) is 11.3 Å². The highest BCUT2D eigenvalue weighted by atomic mass is 32.2. The van der Waals surface area contributed by atoms with Crippen molar-refractivity contribution >= 4 is 16.1 Å². The maximum Gasteiger partial charge on any atom is 0.407 e. The average molecular weight is 309 g/mol. The molecular weight excluding hydrogens is 294 g/mol. The standard InChI is InChI=1S/C13H15N3O4S/c1-20-13(17)15-11-6-7-16(9-11)21(18,19)12-5-3-2-4-10(12)8-14/h2-5,11H,6-7,9H2,1H3,(H,15,17). The molecule has 1 heterocycles. The summed E-state index contributed by atoms with van der Waals surface area (Å²) < 4.78 is 30.9. The van der Waals surface area contributed by atoms with Gasteiger partial charge in [0.05, 0.1) is 17.6 Å². The van der Waals surface area contributed by atoms with E-state index in [-0.39, 0.29) is 29.6 Å². The number of ether oxygens (including phenoxy) is 1. The highest BCUT2D eigenvalue weighted by molar-refractivity contribution is 7.89. The maximum atomic E-state index is 12.5. The Labute approximate surface area is 123 Å². The second kappa shape index (κ2) is 6.11. The van der Waals surface area contributed by atoms with Gasteiger partial charge < -0.3 is 10.1 Å². The topological polar surface area (TPSA) is 99.5 Å². The Balaban J connectivity index is 2.19. The zero-order valence-electron chi connectivity index (χ0n) is 11.4. The molecular formula is C13H15N3O4S. The number of nitrogens with zero attached hydrogens (tertiary/aromatic N) is 2. The van der Waals surface area contributed by atoms with E-state index in [0.717, 1.165) is 0 Å². The number of hydrogen-bond donors (Lipinski definition) is 1. The number of nitriles is 1. The van der Waals surface area contributed by atoms with Gasteiger partial charge in [-0.25, -0.2) is 13.2 Å². The number of nitrogens with one attached hydrogen (secondary N) is 1. The Kier molecular flexibility index (Phi) is 4.45. The fourth-order valence-corrected chi connectivity index (χ4v) is 3.86. The van der Waals surface area contributed by atoms with Gasteiger partial charge in [0.15, 0.2) is 0 Å². The molecule has 112 valence electrons. The molecule has 2 rings (SSSR count). The predicted octanol–water partition coefficient (Wildman–Crippen LogP) is 0.677. The Bertz CT molecular complexity index is 681. The number of sulfonamides is 1. The van der Waals surface area contributed by atoms with Crippen LogP contribution in [-0.4, -0.2) is 45.1 Å². The van der Waals surface area contributed by atoms with Crippen molar-refractivity contribution in [1.82, 2.24) is 9.62 Å². The molecule has 1 aromatic carbocycles. The van der Waals surface area contributed by atoms with Gasteiger partial charge in [-0.2, -0.15) is 9.57 Å². The minimum atomic E-state index is -3.74. The Morgan fingerprint density at radius 2 is 2.19 bits per heavy atom. The molecule has 0 aliphatic carbocycles. The van der Waals surface area contributed by atoms with Crippen molar-refractivity contribution in [2.75, 3.05) is 20.2 Å². The summed E-state index contributed by atoms with van der Waals surface area (Å²) in [5.41, 5.74) is 0.113. The molecule has 0 radical (unpaired) electrons. The Morgan fingerprint density at radius 1 is 1.48 bits per heavy atom. The van der Waals surface area contributed by atoms with E-state index < -0.39 is 16.1 Å². The van der Waals surface area contributed by atoms with Crippen molar-refractivity contribution in [3.05, 3.63) is 29.8 Å². The summed E-state index contributed by atoms with van der Waals surface area (Å²) in [6.07, 6.45) is -0.0834. The first-order chi connectivity index (χ1) is 9.98. The van der Waals surface area contributed by atoms with Gasteiger partial charge in [0.2, 0.25) is 10.0 Å². The van der Waals surface area contributed by atoms with E-state index in [0.29, 0.717) is 6.42 Å². The molecule has 1 N–H and O–H groups in total. The molecule has 1 saturated heterocycles. The third-order valence-electron chi connectivity index (χ3n) is 3.28. The number of alkyl carbamates (subject to hydrolysis) is 1. The quantitative estimate of drug-likeness (QED) is 0.885. The monoisotopic (exact) mass is 309 g/mol. The summed E-state index contributed by atoms with van der Waals surface area (Å²) in [4.78, 5) is 11.1. The number of hydrogen-bond acceptors (Lipinski definition) is 5. The van der Waals surface area contributed by atoms with Gasteiger partial charge >= 0.3 is 6.09 Å². The van der Waals surface area contributed by atoms with Crippen molar-refractivity contribution in [2.24, 2.45) is 0 Å². The molecule has 7 nitrogen and oxygen atoms in total. The van der Waals surface area contributed by atoms with E-state index in [1.165, 1.54) is 23.5 Å². The van der Waals surface area contributed by atoms with Crippen LogP contribution in [0.2, 0.25) is 0 Å². The van der Waals surface area contributed by atoms with Gasteiger partial charge in [-0.15, -0.1) is 0 Å². The van der Waals surface area contributed by atoms with Crippen LogP contribution in [-0.2, 0) is 14.8 Å². The van der Waals surface area contributed by atoms with E-state index >= 15 is 0 Å². The zero-order valence-corrected chi connectivity index (χ0v) is 12.3. The molecule has 1 atom stereocenters. The Hall–Kier alpha value is -2.11. The molecule has 0 bridgehead atoms. The SMILES string of the molecule is COC(=O)NC1CCN(S(=O)(=O)c2ccccc2C#N)C1. The zero-order chi connectivity index (χ0) is 15.5. The first-order valence-corrected chi connectivity index (χ1v) is 7.77. The summed E-state index contributed by atoms with van der Waals surface area (Å²) in [5, 5.41) is 11.6. The summed E-state index contributed by atoms with van der Waals surface area (Å²) in [6, 6.07) is 7.66. The van der Waals surface area contributed by atoms with Crippen molar-refractivity contribution in [3.8, 4) is 6.07 Å². The normalized spacial score (nSPS) is 19.0. The van der Waals surface area contributed by atoms with Crippen LogP contribution in [0.25, 0.3) is 0 Å². The molecule has 0 aromatic heterocycles. The lowest BCUT2D eigenvalue weighted by molar-refractivity contribution is 0.167. The second-order valence-corrected chi connectivity index (χ2v) is 6.50. The van der Waals surface area contributed by atoms with Gasteiger partial charge in [-0.05, 0) is 18.6 Å². The van der Waals surface area contributed by atoms with Crippen LogP contribution in [0.3, 0.4) is 0 Å². The molecule has 1 amide bonds. The van der Waals surface area contributed by atoms with E-state index in [1.807, 2.05) is 6.07 Å². The van der Waals surface area contributed by atoms with Gasteiger partial charge in [-0.3, -0.25) is 0 Å². The molecule has 1 aromatic rings. The summed E-state index contributed by atoms with van der Waals surface area (Å²) in [7, 11) is -2.49. The highest BCUT2D eigenvalue weighted by Gasteiger charge is 2.34. The molecule has 8 heteroatoms. The van der Waals surface area contributed by atoms with E-state index in [2.05, 4.69) is 10.1 Å². The van der Waals surface area contributed by atoms with E-state index in [9.17, 15) is 13.2 Å². The molecule has 1 aliphatic rings. The van der Waals surface area contributed by atoms with Gasteiger partial charge in [0, 0.05) is 19.1 Å². The fraction of sp³-hybridized carbons (Fsp3) is 0.385. The number of methoxy groups -OCH3 is 1. The van der Waals surface area contributed by atoms with Crippen molar-refractivity contribution in [1.29, 1.82) is 5.26 Å². The lowest BCUT2D eigenvalue weighted by Gasteiger charge is -2.17. The fourth-order valence-electron chi connectivity index (χ4n) is 2.21.